The average molecular weight is 735 g/mol. The largest absolute Gasteiger partial charge is 0.480 e. The van der Waals surface area contributed by atoms with Crippen LogP contribution in [0.5, 0.6) is 0 Å². The summed E-state index contributed by atoms with van der Waals surface area (Å²) in [5.74, 6) is -1.43. The molecular formula is C35H42ClF3N6O6. The van der Waals surface area contributed by atoms with Gasteiger partial charge in [-0.15, -0.1) is 0 Å². The van der Waals surface area contributed by atoms with Gasteiger partial charge in [0.2, 0.25) is 0 Å². The van der Waals surface area contributed by atoms with Crippen molar-refractivity contribution in [2.24, 2.45) is 0 Å². The minimum absolute atomic E-state index is 0.0239. The highest BCUT2D eigenvalue weighted by atomic mass is 35.5. The second-order valence-corrected chi connectivity index (χ2v) is 14.1. The Balaban J connectivity index is 1.13. The zero-order chi connectivity index (χ0) is 36.4. The lowest BCUT2D eigenvalue weighted by Crippen LogP contribution is -2.53. The van der Waals surface area contributed by atoms with Crippen LogP contribution in [0.1, 0.15) is 55.2 Å². The van der Waals surface area contributed by atoms with Gasteiger partial charge in [0.05, 0.1) is 16.3 Å². The molecule has 4 heterocycles. The SMILES string of the molecule is Nc1c(Cl)cc(C[C@@H](OC(=O)N2CCC(N3CCc4ccccc4NC3=O)CC2)C(=O)N2CCC(N3CCC[C@@H]3C(=O)O)CC2)cc1C(F)(F)F. The normalized spacial score (nSPS) is 21.5. The van der Waals surface area contributed by atoms with Gasteiger partial charge >= 0.3 is 24.3 Å². The van der Waals surface area contributed by atoms with Crippen molar-refractivity contribution in [2.75, 3.05) is 50.3 Å². The van der Waals surface area contributed by atoms with Gasteiger partial charge in [-0.25, -0.2) is 9.59 Å². The number of urea groups is 1. The van der Waals surface area contributed by atoms with Crippen molar-refractivity contribution < 1.29 is 42.2 Å². The quantitative estimate of drug-likeness (QED) is 0.334. The van der Waals surface area contributed by atoms with Gasteiger partial charge in [-0.1, -0.05) is 29.8 Å². The van der Waals surface area contributed by atoms with Gasteiger partial charge in [0.1, 0.15) is 6.04 Å². The molecule has 16 heteroatoms. The maximum atomic E-state index is 14.0. The molecule has 3 fully saturated rings. The lowest BCUT2D eigenvalue weighted by Gasteiger charge is -2.40. The summed E-state index contributed by atoms with van der Waals surface area (Å²) in [6.07, 6.45) is -3.44. The Labute approximate surface area is 298 Å². The van der Waals surface area contributed by atoms with Crippen molar-refractivity contribution in [3.8, 4) is 0 Å². The van der Waals surface area contributed by atoms with Crippen molar-refractivity contribution in [1.29, 1.82) is 0 Å². The number of piperidine rings is 2. The van der Waals surface area contributed by atoms with Gasteiger partial charge in [0.25, 0.3) is 5.91 Å². The first-order valence-electron chi connectivity index (χ1n) is 17.3. The summed E-state index contributed by atoms with van der Waals surface area (Å²) >= 11 is 6.09. The number of alkyl halides is 3. The molecule has 4 aliphatic heterocycles. The first kappa shape index (κ1) is 36.5. The highest BCUT2D eigenvalue weighted by molar-refractivity contribution is 6.33. The number of amides is 4. The summed E-state index contributed by atoms with van der Waals surface area (Å²) in [6.45, 7) is 2.21. The molecule has 0 unspecified atom stereocenters. The molecule has 0 spiro atoms. The van der Waals surface area contributed by atoms with Crippen LogP contribution in [0.2, 0.25) is 5.02 Å². The van der Waals surface area contributed by atoms with E-state index >= 15 is 0 Å². The number of nitrogens with one attached hydrogen (secondary N) is 1. The molecule has 276 valence electrons. The molecule has 0 radical (unpaired) electrons. The van der Waals surface area contributed by atoms with E-state index in [1.807, 2.05) is 29.2 Å². The van der Waals surface area contributed by atoms with Crippen molar-refractivity contribution in [3.05, 3.63) is 58.1 Å². The molecule has 51 heavy (non-hydrogen) atoms. The summed E-state index contributed by atoms with van der Waals surface area (Å²) in [5, 5.41) is 12.3. The number of aliphatic carboxylic acids is 1. The van der Waals surface area contributed by atoms with E-state index < -0.39 is 47.5 Å². The molecule has 2 aromatic rings. The number of likely N-dealkylation sites (tertiary alicyclic amines) is 3. The number of carbonyl (C=O) groups is 4. The predicted molar refractivity (Wildman–Crippen MR) is 182 cm³/mol. The van der Waals surface area contributed by atoms with Crippen molar-refractivity contribution in [1.82, 2.24) is 19.6 Å². The maximum absolute atomic E-state index is 14.0. The van der Waals surface area contributed by atoms with Crippen LogP contribution in [0, 0.1) is 0 Å². The third-order valence-corrected chi connectivity index (χ3v) is 10.9. The number of ether oxygens (including phenoxy) is 1. The highest BCUT2D eigenvalue weighted by Crippen LogP contribution is 2.38. The molecule has 2 aromatic carbocycles. The molecule has 0 saturated carbocycles. The Kier molecular flexibility index (Phi) is 10.9. The number of rotatable bonds is 7. The second-order valence-electron chi connectivity index (χ2n) is 13.7. The number of anilines is 2. The molecule has 12 nitrogen and oxygen atoms in total. The number of hydrogen-bond acceptors (Lipinski definition) is 7. The summed E-state index contributed by atoms with van der Waals surface area (Å²) in [7, 11) is 0. The summed E-state index contributed by atoms with van der Waals surface area (Å²) < 4.78 is 47.2. The number of fused-ring (bicyclic) bond motifs is 1. The molecule has 4 amide bonds. The lowest BCUT2D eigenvalue weighted by atomic mass is 9.99. The number of carboxylic acids is 1. The van der Waals surface area contributed by atoms with Gasteiger partial charge in [0, 0.05) is 56.9 Å². The van der Waals surface area contributed by atoms with Crippen LogP contribution >= 0.6 is 11.6 Å². The van der Waals surface area contributed by atoms with Crippen LogP contribution < -0.4 is 11.1 Å². The number of halogens is 4. The topological polar surface area (TPSA) is 149 Å². The standard InChI is InChI=1S/C35H42ClF3N6O6/c36-26-19-21(18-25(30(26)40)35(37,38)39)20-29(31(46)42-13-8-23(9-14-42)44-12-3-6-28(44)32(47)48)51-34(50)43-15-10-24(11-16-43)45-17-7-22-4-1-2-5-27(22)41-33(45)49/h1-2,4-5,18-19,23-24,28-29H,3,6-17,20,40H2,(H,41,49)(H,47,48)/t28-,29-/m1/s1. The zero-order valence-corrected chi connectivity index (χ0v) is 28.8. The Morgan fingerprint density at radius 1 is 0.961 bits per heavy atom. The van der Waals surface area contributed by atoms with Crippen LogP contribution in [-0.4, -0.2) is 112 Å². The number of nitrogens with zero attached hydrogens (tertiary/aromatic N) is 4. The smallest absolute Gasteiger partial charge is 0.418 e. The molecule has 4 N–H and O–H groups in total. The van der Waals surface area contributed by atoms with Gasteiger partial charge < -0.3 is 35.6 Å². The van der Waals surface area contributed by atoms with Gasteiger partial charge in [-0.05, 0) is 80.8 Å². The molecule has 6 rings (SSSR count). The van der Waals surface area contributed by atoms with Gasteiger partial charge in [-0.3, -0.25) is 14.5 Å². The first-order valence-corrected chi connectivity index (χ1v) is 17.7. The fraction of sp³-hybridized carbons (Fsp3) is 0.543. The summed E-state index contributed by atoms with van der Waals surface area (Å²) in [6, 6.07) is 8.73. The van der Waals surface area contributed by atoms with E-state index in [9.17, 15) is 37.5 Å². The number of carbonyl (C=O) groups excluding carboxylic acids is 3. The van der Waals surface area contributed by atoms with Crippen LogP contribution in [0.25, 0.3) is 0 Å². The van der Waals surface area contributed by atoms with E-state index in [2.05, 4.69) is 5.32 Å². The number of hydrogen-bond donors (Lipinski definition) is 3. The lowest BCUT2D eigenvalue weighted by molar-refractivity contribution is -0.146. The third kappa shape index (κ3) is 8.14. The zero-order valence-electron chi connectivity index (χ0n) is 28.0. The number of nitrogens with two attached hydrogens (primary N) is 1. The van der Waals surface area contributed by atoms with Crippen LogP contribution in [0.4, 0.5) is 34.1 Å². The highest BCUT2D eigenvalue weighted by Gasteiger charge is 2.40. The van der Waals surface area contributed by atoms with Crippen molar-refractivity contribution >= 4 is 47.0 Å². The minimum Gasteiger partial charge on any atom is -0.480 e. The number of para-hydroxylation sites is 1. The van der Waals surface area contributed by atoms with Crippen LogP contribution in [0.3, 0.4) is 0 Å². The molecular weight excluding hydrogens is 693 g/mol. The Bertz CT molecular complexity index is 1650. The molecule has 0 aliphatic carbocycles. The van der Waals surface area contributed by atoms with E-state index in [1.54, 1.807) is 4.90 Å². The second kappa shape index (κ2) is 15.2. The Morgan fingerprint density at radius 2 is 1.63 bits per heavy atom. The monoisotopic (exact) mass is 734 g/mol. The van der Waals surface area contributed by atoms with E-state index in [4.69, 9.17) is 22.1 Å². The number of benzene rings is 2. The number of carboxylic acid groups (broad SMARTS) is 1. The first-order chi connectivity index (χ1) is 24.3. The summed E-state index contributed by atoms with van der Waals surface area (Å²) in [5.41, 5.74) is 5.69. The molecule has 2 atom stereocenters. The van der Waals surface area contributed by atoms with E-state index in [-0.39, 0.29) is 61.3 Å². The average Bonchev–Trinajstić information content (AvgIpc) is 3.54. The van der Waals surface area contributed by atoms with Crippen molar-refractivity contribution in [3.63, 3.8) is 0 Å². The van der Waals surface area contributed by atoms with E-state index in [0.29, 0.717) is 51.6 Å². The molecule has 3 saturated heterocycles. The Morgan fingerprint density at radius 3 is 2.31 bits per heavy atom. The van der Waals surface area contributed by atoms with E-state index in [0.717, 1.165) is 23.7 Å². The van der Waals surface area contributed by atoms with Crippen molar-refractivity contribution in [2.45, 2.75) is 81.8 Å². The summed E-state index contributed by atoms with van der Waals surface area (Å²) in [4.78, 5) is 59.1. The number of nitrogen functional groups attached to an aromatic ring is 1. The van der Waals surface area contributed by atoms with Gasteiger partial charge in [0.15, 0.2) is 6.10 Å². The maximum Gasteiger partial charge on any atom is 0.418 e. The van der Waals surface area contributed by atoms with Crippen LogP contribution in [-0.2, 0) is 33.3 Å². The minimum atomic E-state index is -4.80. The molecule has 0 aromatic heterocycles. The van der Waals surface area contributed by atoms with E-state index in [1.165, 1.54) is 15.9 Å². The fourth-order valence-corrected chi connectivity index (χ4v) is 8.07. The molecule has 0 bridgehead atoms. The molecule has 4 aliphatic rings. The third-order valence-electron chi connectivity index (χ3n) is 10.6. The fourth-order valence-electron chi connectivity index (χ4n) is 7.83. The van der Waals surface area contributed by atoms with Crippen LogP contribution in [0.15, 0.2) is 36.4 Å². The predicted octanol–water partition coefficient (Wildman–Crippen LogP) is 5.08. The Hall–Kier alpha value is -4.24. The van der Waals surface area contributed by atoms with Gasteiger partial charge in [-0.2, -0.15) is 13.2 Å².